The molecule has 3 heteroatoms. The molecule has 1 aromatic heterocycles. The van der Waals surface area contributed by atoms with Crippen LogP contribution in [0.25, 0.3) is 0 Å². The van der Waals surface area contributed by atoms with E-state index in [0.29, 0.717) is 11.5 Å². The van der Waals surface area contributed by atoms with Crippen LogP contribution in [0.2, 0.25) is 0 Å². The number of pyridine rings is 1. The highest BCUT2D eigenvalue weighted by molar-refractivity contribution is 9.10. The molecule has 84 valence electrons. The van der Waals surface area contributed by atoms with Crippen LogP contribution in [0.3, 0.4) is 0 Å². The van der Waals surface area contributed by atoms with Gasteiger partial charge in [-0.05, 0) is 46.8 Å². The number of nitrogens with one attached hydrogen (secondary N) is 1. The van der Waals surface area contributed by atoms with E-state index in [1.807, 2.05) is 18.3 Å². The van der Waals surface area contributed by atoms with E-state index >= 15 is 0 Å². The second-order valence-electron chi connectivity index (χ2n) is 5.17. The van der Waals surface area contributed by atoms with Crippen LogP contribution in [0.5, 0.6) is 0 Å². The number of hydrogen-bond acceptors (Lipinski definition) is 2. The van der Waals surface area contributed by atoms with Gasteiger partial charge in [-0.2, -0.15) is 0 Å². The van der Waals surface area contributed by atoms with Gasteiger partial charge < -0.3 is 5.32 Å². The van der Waals surface area contributed by atoms with E-state index in [0.717, 1.165) is 16.7 Å². The summed E-state index contributed by atoms with van der Waals surface area (Å²) in [5.74, 6) is 0.940. The fraction of sp³-hybridized carbons (Fsp3) is 0.583. The van der Waals surface area contributed by atoms with Gasteiger partial charge in [0.15, 0.2) is 0 Å². The quantitative estimate of drug-likeness (QED) is 0.896. The van der Waals surface area contributed by atoms with Gasteiger partial charge in [0.1, 0.15) is 5.82 Å². The molecule has 0 saturated heterocycles. The van der Waals surface area contributed by atoms with Crippen molar-refractivity contribution in [3.05, 3.63) is 22.8 Å². The van der Waals surface area contributed by atoms with E-state index in [-0.39, 0.29) is 0 Å². The van der Waals surface area contributed by atoms with Crippen LogP contribution in [0.4, 0.5) is 5.82 Å². The van der Waals surface area contributed by atoms with Crippen LogP contribution >= 0.6 is 15.9 Å². The molecule has 0 saturated carbocycles. The van der Waals surface area contributed by atoms with E-state index in [1.165, 1.54) is 0 Å². The monoisotopic (exact) mass is 270 g/mol. The van der Waals surface area contributed by atoms with Crippen LogP contribution in [-0.2, 0) is 0 Å². The molecule has 0 aromatic carbocycles. The fourth-order valence-electron chi connectivity index (χ4n) is 1.68. The minimum absolute atomic E-state index is 0.349. The summed E-state index contributed by atoms with van der Waals surface area (Å²) in [5.41, 5.74) is 0.349. The normalized spacial score (nSPS) is 13.7. The van der Waals surface area contributed by atoms with Gasteiger partial charge in [0.25, 0.3) is 0 Å². The molecular weight excluding hydrogens is 252 g/mol. The Labute approximate surface area is 101 Å². The number of anilines is 1. The van der Waals surface area contributed by atoms with Crippen molar-refractivity contribution < 1.29 is 0 Å². The van der Waals surface area contributed by atoms with Crippen LogP contribution in [0.15, 0.2) is 22.8 Å². The number of nitrogens with zero attached hydrogens (tertiary/aromatic N) is 1. The van der Waals surface area contributed by atoms with Crippen LogP contribution in [0.1, 0.15) is 34.1 Å². The molecule has 0 spiro atoms. The lowest BCUT2D eigenvalue weighted by molar-refractivity contribution is 0.357. The topological polar surface area (TPSA) is 24.9 Å². The summed E-state index contributed by atoms with van der Waals surface area (Å²) in [5, 5.41) is 3.39. The Bertz CT molecular complexity index is 300. The zero-order valence-electron chi connectivity index (χ0n) is 9.84. The molecule has 1 atom stereocenters. The Balaban J connectivity index is 2.51. The van der Waals surface area contributed by atoms with Crippen molar-refractivity contribution in [1.82, 2.24) is 4.98 Å². The first-order valence-electron chi connectivity index (χ1n) is 5.25. The van der Waals surface area contributed by atoms with Gasteiger partial charge in [0, 0.05) is 16.7 Å². The second kappa shape index (κ2) is 4.97. The molecule has 1 rings (SSSR count). The number of hydrogen-bond donors (Lipinski definition) is 1. The molecule has 15 heavy (non-hydrogen) atoms. The molecule has 0 bridgehead atoms. The van der Waals surface area contributed by atoms with Crippen molar-refractivity contribution in [3.8, 4) is 0 Å². The van der Waals surface area contributed by atoms with Gasteiger partial charge in [-0.25, -0.2) is 4.98 Å². The minimum Gasteiger partial charge on any atom is -0.368 e. The molecule has 1 aromatic rings. The van der Waals surface area contributed by atoms with Crippen LogP contribution in [0, 0.1) is 5.41 Å². The van der Waals surface area contributed by atoms with Gasteiger partial charge in [0.2, 0.25) is 0 Å². The molecule has 1 heterocycles. The van der Waals surface area contributed by atoms with Gasteiger partial charge in [-0.15, -0.1) is 0 Å². The van der Waals surface area contributed by atoms with E-state index in [9.17, 15) is 0 Å². The van der Waals surface area contributed by atoms with E-state index in [1.54, 1.807) is 0 Å². The summed E-state index contributed by atoms with van der Waals surface area (Å²) >= 11 is 3.37. The standard InChI is InChI=1S/C12H19BrN2/c1-9(7-12(2,3)4)15-11-6-5-10(13)8-14-11/h5-6,8-9H,7H2,1-4H3,(H,14,15). The van der Waals surface area contributed by atoms with E-state index in [4.69, 9.17) is 0 Å². The maximum atomic E-state index is 4.29. The Kier molecular flexibility index (Phi) is 4.14. The molecule has 1 unspecified atom stereocenters. The number of rotatable bonds is 3. The summed E-state index contributed by atoms with van der Waals surface area (Å²) in [4.78, 5) is 4.29. The largest absolute Gasteiger partial charge is 0.368 e. The molecule has 1 N–H and O–H groups in total. The van der Waals surface area contributed by atoms with Crippen molar-refractivity contribution >= 4 is 21.7 Å². The number of halogens is 1. The van der Waals surface area contributed by atoms with Gasteiger partial charge >= 0.3 is 0 Å². The highest BCUT2D eigenvalue weighted by Gasteiger charge is 2.15. The molecule has 0 aliphatic heterocycles. The molecule has 0 amide bonds. The Morgan fingerprint density at radius 1 is 1.40 bits per heavy atom. The van der Waals surface area contributed by atoms with Crippen molar-refractivity contribution in [1.29, 1.82) is 0 Å². The van der Waals surface area contributed by atoms with Gasteiger partial charge in [-0.1, -0.05) is 20.8 Å². The molecule has 0 radical (unpaired) electrons. The lowest BCUT2D eigenvalue weighted by Gasteiger charge is -2.24. The van der Waals surface area contributed by atoms with E-state index < -0.39 is 0 Å². The molecule has 0 aliphatic carbocycles. The maximum absolute atomic E-state index is 4.29. The van der Waals surface area contributed by atoms with Crippen LogP contribution < -0.4 is 5.32 Å². The van der Waals surface area contributed by atoms with Gasteiger partial charge in [-0.3, -0.25) is 0 Å². The van der Waals surface area contributed by atoms with Crippen molar-refractivity contribution in [2.24, 2.45) is 5.41 Å². The third-order valence-corrected chi connectivity index (χ3v) is 2.51. The predicted octanol–water partition coefficient (Wildman–Crippen LogP) is 4.08. The van der Waals surface area contributed by atoms with E-state index in [2.05, 4.69) is 53.9 Å². The summed E-state index contributed by atoms with van der Waals surface area (Å²) in [6.07, 6.45) is 2.94. The highest BCUT2D eigenvalue weighted by Crippen LogP contribution is 2.22. The Hall–Kier alpha value is -0.570. The summed E-state index contributed by atoms with van der Waals surface area (Å²) in [7, 11) is 0. The first kappa shape index (κ1) is 12.5. The lowest BCUT2D eigenvalue weighted by Crippen LogP contribution is -2.22. The van der Waals surface area contributed by atoms with Gasteiger partial charge in [0.05, 0.1) is 0 Å². The number of aromatic nitrogens is 1. The molecule has 2 nitrogen and oxygen atoms in total. The molecular formula is C12H19BrN2. The SMILES string of the molecule is CC(CC(C)(C)C)Nc1ccc(Br)cn1. The maximum Gasteiger partial charge on any atom is 0.126 e. The van der Waals surface area contributed by atoms with Crippen molar-refractivity contribution in [3.63, 3.8) is 0 Å². The average Bonchev–Trinajstić information content (AvgIpc) is 2.05. The molecule has 0 fully saturated rings. The summed E-state index contributed by atoms with van der Waals surface area (Å²) < 4.78 is 1.01. The minimum atomic E-state index is 0.349. The zero-order chi connectivity index (χ0) is 11.5. The Morgan fingerprint density at radius 2 is 2.07 bits per heavy atom. The third kappa shape index (κ3) is 5.17. The lowest BCUT2D eigenvalue weighted by atomic mass is 9.89. The first-order chi connectivity index (χ1) is 6.87. The third-order valence-electron chi connectivity index (χ3n) is 2.04. The smallest absolute Gasteiger partial charge is 0.126 e. The second-order valence-corrected chi connectivity index (χ2v) is 6.09. The Morgan fingerprint density at radius 3 is 2.53 bits per heavy atom. The first-order valence-corrected chi connectivity index (χ1v) is 6.04. The van der Waals surface area contributed by atoms with Crippen molar-refractivity contribution in [2.75, 3.05) is 5.32 Å². The average molecular weight is 271 g/mol. The zero-order valence-corrected chi connectivity index (χ0v) is 11.4. The summed E-state index contributed by atoms with van der Waals surface area (Å²) in [6, 6.07) is 4.43. The molecule has 0 aliphatic rings. The van der Waals surface area contributed by atoms with Crippen molar-refractivity contribution in [2.45, 2.75) is 40.2 Å². The predicted molar refractivity (Wildman–Crippen MR) is 69.1 cm³/mol. The summed E-state index contributed by atoms with van der Waals surface area (Å²) in [6.45, 7) is 8.94. The highest BCUT2D eigenvalue weighted by atomic mass is 79.9. The fourth-order valence-corrected chi connectivity index (χ4v) is 1.92. The van der Waals surface area contributed by atoms with Crippen LogP contribution in [-0.4, -0.2) is 11.0 Å².